The summed E-state index contributed by atoms with van der Waals surface area (Å²) >= 11 is 6.62. The topological polar surface area (TPSA) is 33.5 Å². The van der Waals surface area contributed by atoms with Gasteiger partial charge in [0, 0.05) is 12.6 Å². The van der Waals surface area contributed by atoms with Gasteiger partial charge in [0.1, 0.15) is 10.1 Å². The molecule has 0 N–H and O–H groups in total. The Morgan fingerprint density at radius 2 is 2.26 bits per heavy atom. The number of furan rings is 1. The van der Waals surface area contributed by atoms with Gasteiger partial charge in [-0.1, -0.05) is 50.2 Å². The summed E-state index contributed by atoms with van der Waals surface area (Å²) in [6.07, 6.45) is 7.90. The molecular formula is C14H17NO2S2. The fourth-order valence-electron chi connectivity index (χ4n) is 1.89. The lowest BCUT2D eigenvalue weighted by molar-refractivity contribution is -0.122. The summed E-state index contributed by atoms with van der Waals surface area (Å²) in [7, 11) is 0. The fraction of sp³-hybridized carbons (Fsp3) is 0.429. The molecule has 1 aromatic heterocycles. The molecule has 1 aliphatic rings. The second-order valence-corrected chi connectivity index (χ2v) is 6.09. The molecular weight excluding hydrogens is 278 g/mol. The Morgan fingerprint density at radius 1 is 1.42 bits per heavy atom. The standard InChI is InChI=1S/C14H17NO2S2/c1-2-3-4-5-8-15-13(16)12(19-14(15)18)10-11-7-6-9-17-11/h6-7,9-10H,2-5,8H2,1H3/b12-10+. The van der Waals surface area contributed by atoms with Crippen molar-refractivity contribution in [3.05, 3.63) is 29.1 Å². The number of amides is 1. The maximum Gasteiger partial charge on any atom is 0.266 e. The Balaban J connectivity index is 1.96. The number of nitrogens with zero attached hydrogens (tertiary/aromatic N) is 1. The summed E-state index contributed by atoms with van der Waals surface area (Å²) in [5.41, 5.74) is 0. The summed E-state index contributed by atoms with van der Waals surface area (Å²) in [4.78, 5) is 14.6. The van der Waals surface area contributed by atoms with E-state index in [1.807, 2.05) is 6.07 Å². The van der Waals surface area contributed by atoms with E-state index in [0.29, 0.717) is 15.0 Å². The van der Waals surface area contributed by atoms with Gasteiger partial charge in [-0.15, -0.1) is 0 Å². The lowest BCUT2D eigenvalue weighted by atomic mass is 10.2. The zero-order chi connectivity index (χ0) is 13.7. The van der Waals surface area contributed by atoms with Gasteiger partial charge in [-0.25, -0.2) is 0 Å². The van der Waals surface area contributed by atoms with Crippen LogP contribution >= 0.6 is 24.0 Å². The minimum Gasteiger partial charge on any atom is -0.465 e. The van der Waals surface area contributed by atoms with E-state index in [9.17, 15) is 4.79 Å². The van der Waals surface area contributed by atoms with Crippen molar-refractivity contribution in [3.8, 4) is 0 Å². The second kappa shape index (κ2) is 6.91. The molecule has 0 saturated carbocycles. The molecule has 2 heterocycles. The van der Waals surface area contributed by atoms with Crippen LogP contribution in [0.1, 0.15) is 38.4 Å². The fourth-order valence-corrected chi connectivity index (χ4v) is 3.18. The number of carbonyl (C=O) groups is 1. The van der Waals surface area contributed by atoms with Crippen molar-refractivity contribution in [2.45, 2.75) is 32.6 Å². The van der Waals surface area contributed by atoms with Gasteiger partial charge in [0.25, 0.3) is 5.91 Å². The van der Waals surface area contributed by atoms with E-state index in [4.69, 9.17) is 16.6 Å². The largest absolute Gasteiger partial charge is 0.465 e. The van der Waals surface area contributed by atoms with Crippen LogP contribution in [0.3, 0.4) is 0 Å². The number of thiocarbonyl (C=S) groups is 1. The first-order valence-corrected chi connectivity index (χ1v) is 7.73. The van der Waals surface area contributed by atoms with Crippen LogP contribution in [0, 0.1) is 0 Å². The van der Waals surface area contributed by atoms with Gasteiger partial charge in [0.15, 0.2) is 0 Å². The van der Waals surface area contributed by atoms with Crippen molar-refractivity contribution in [3.63, 3.8) is 0 Å². The van der Waals surface area contributed by atoms with E-state index in [2.05, 4.69) is 6.92 Å². The van der Waals surface area contributed by atoms with Crippen molar-refractivity contribution in [1.82, 2.24) is 4.90 Å². The predicted octanol–water partition coefficient (Wildman–Crippen LogP) is 4.06. The minimum atomic E-state index is 0.00268. The van der Waals surface area contributed by atoms with Crippen LogP contribution < -0.4 is 0 Å². The number of thioether (sulfide) groups is 1. The van der Waals surface area contributed by atoms with Gasteiger partial charge in [-0.2, -0.15) is 0 Å². The molecule has 1 aliphatic heterocycles. The predicted molar refractivity (Wildman–Crippen MR) is 82.7 cm³/mol. The molecule has 0 aromatic carbocycles. The summed E-state index contributed by atoms with van der Waals surface area (Å²) in [6, 6.07) is 3.63. The Morgan fingerprint density at radius 3 is 2.95 bits per heavy atom. The van der Waals surface area contributed by atoms with Crippen LogP contribution in [0.15, 0.2) is 27.7 Å². The van der Waals surface area contributed by atoms with Gasteiger partial charge in [-0.3, -0.25) is 9.69 Å². The van der Waals surface area contributed by atoms with E-state index in [-0.39, 0.29) is 5.91 Å². The Bertz CT molecular complexity index is 480. The van der Waals surface area contributed by atoms with Gasteiger partial charge >= 0.3 is 0 Å². The highest BCUT2D eigenvalue weighted by Gasteiger charge is 2.31. The molecule has 1 fully saturated rings. The van der Waals surface area contributed by atoms with E-state index >= 15 is 0 Å². The Hall–Kier alpha value is -1.07. The average molecular weight is 295 g/mol. The number of carbonyl (C=O) groups excluding carboxylic acids is 1. The van der Waals surface area contributed by atoms with Gasteiger partial charge < -0.3 is 4.42 Å². The van der Waals surface area contributed by atoms with Crippen LogP contribution in [0.4, 0.5) is 0 Å². The monoisotopic (exact) mass is 295 g/mol. The van der Waals surface area contributed by atoms with Gasteiger partial charge in [0.2, 0.25) is 0 Å². The maximum atomic E-state index is 12.2. The highest BCUT2D eigenvalue weighted by Crippen LogP contribution is 2.32. The average Bonchev–Trinajstić information content (AvgIpc) is 2.98. The first kappa shape index (κ1) is 14.3. The molecule has 0 bridgehead atoms. The third kappa shape index (κ3) is 3.70. The van der Waals surface area contributed by atoms with Crippen LogP contribution in [0.25, 0.3) is 6.08 Å². The van der Waals surface area contributed by atoms with Crippen molar-refractivity contribution in [2.75, 3.05) is 6.54 Å². The van der Waals surface area contributed by atoms with Crippen LogP contribution in [-0.2, 0) is 4.79 Å². The summed E-state index contributed by atoms with van der Waals surface area (Å²) in [5, 5.41) is 0. The van der Waals surface area contributed by atoms with Crippen molar-refractivity contribution in [2.24, 2.45) is 0 Å². The van der Waals surface area contributed by atoms with E-state index < -0.39 is 0 Å². The Labute approximate surface area is 123 Å². The van der Waals surface area contributed by atoms with E-state index in [0.717, 1.165) is 19.4 Å². The summed E-state index contributed by atoms with van der Waals surface area (Å²) in [5.74, 6) is 0.689. The normalized spacial score (nSPS) is 17.7. The third-order valence-electron chi connectivity index (χ3n) is 2.93. The molecule has 3 nitrogen and oxygen atoms in total. The van der Waals surface area contributed by atoms with Crippen molar-refractivity contribution >= 4 is 40.3 Å². The third-order valence-corrected chi connectivity index (χ3v) is 4.30. The molecule has 1 aromatic rings. The summed E-state index contributed by atoms with van der Waals surface area (Å²) < 4.78 is 5.88. The zero-order valence-corrected chi connectivity index (χ0v) is 12.6. The number of hydrogen-bond donors (Lipinski definition) is 0. The van der Waals surface area contributed by atoms with Gasteiger partial charge in [-0.05, 0) is 18.6 Å². The minimum absolute atomic E-state index is 0.00268. The zero-order valence-electron chi connectivity index (χ0n) is 10.9. The summed E-state index contributed by atoms with van der Waals surface area (Å²) in [6.45, 7) is 2.89. The van der Waals surface area contributed by atoms with Crippen molar-refractivity contribution in [1.29, 1.82) is 0 Å². The van der Waals surface area contributed by atoms with Crippen LogP contribution in [0.2, 0.25) is 0 Å². The molecule has 0 aliphatic carbocycles. The number of hydrogen-bond acceptors (Lipinski definition) is 4. The molecule has 0 spiro atoms. The van der Waals surface area contributed by atoms with E-state index in [1.54, 1.807) is 23.3 Å². The molecule has 1 saturated heterocycles. The number of unbranched alkanes of at least 4 members (excludes halogenated alkanes) is 3. The second-order valence-electron chi connectivity index (χ2n) is 4.41. The first-order valence-electron chi connectivity index (χ1n) is 6.51. The number of rotatable bonds is 6. The quantitative estimate of drug-likeness (QED) is 0.450. The molecule has 0 radical (unpaired) electrons. The molecule has 2 rings (SSSR count). The maximum absolute atomic E-state index is 12.2. The molecule has 1 amide bonds. The smallest absolute Gasteiger partial charge is 0.266 e. The van der Waals surface area contributed by atoms with Crippen molar-refractivity contribution < 1.29 is 9.21 Å². The van der Waals surface area contributed by atoms with Crippen LogP contribution in [-0.4, -0.2) is 21.7 Å². The first-order chi connectivity index (χ1) is 9.22. The molecule has 102 valence electrons. The molecule has 0 unspecified atom stereocenters. The van der Waals surface area contributed by atoms with E-state index in [1.165, 1.54) is 24.6 Å². The molecule has 19 heavy (non-hydrogen) atoms. The Kier molecular flexibility index (Phi) is 5.22. The molecule has 5 heteroatoms. The lowest BCUT2D eigenvalue weighted by Gasteiger charge is -2.13. The lowest BCUT2D eigenvalue weighted by Crippen LogP contribution is -2.28. The highest BCUT2D eigenvalue weighted by atomic mass is 32.2. The highest BCUT2D eigenvalue weighted by molar-refractivity contribution is 8.26. The van der Waals surface area contributed by atoms with Crippen LogP contribution in [0.5, 0.6) is 0 Å². The molecule has 0 atom stereocenters. The van der Waals surface area contributed by atoms with Gasteiger partial charge in [0.05, 0.1) is 11.2 Å². The SMILES string of the molecule is CCCCCCN1C(=O)/C(=C\c2ccco2)SC1=S.